The van der Waals surface area contributed by atoms with Crippen LogP contribution in [-0.4, -0.2) is 15.7 Å². The van der Waals surface area contributed by atoms with Gasteiger partial charge < -0.3 is 4.84 Å². The maximum atomic E-state index is 5.93. The zero-order valence-electron chi connectivity index (χ0n) is 15.0. The molecule has 3 aromatic rings. The minimum absolute atomic E-state index is 0.0336. The van der Waals surface area contributed by atoms with Gasteiger partial charge in [0, 0.05) is 29.1 Å². The number of benzene rings is 1. The first kappa shape index (κ1) is 15.3. The molecule has 0 saturated heterocycles. The molecule has 1 aliphatic heterocycles. The maximum Gasteiger partial charge on any atom is 0.183 e. The SMILES string of the molecule is Cc1cc(C)c(C2=NO[C@@H]3c4ncccc4-c4cccnc4[C@H]23)c(C)c1. The molecule has 4 nitrogen and oxygen atoms in total. The van der Waals surface area contributed by atoms with Crippen molar-refractivity contribution in [3.05, 3.63) is 82.4 Å². The fourth-order valence-corrected chi connectivity index (χ4v) is 4.41. The lowest BCUT2D eigenvalue weighted by Crippen LogP contribution is -2.24. The summed E-state index contributed by atoms with van der Waals surface area (Å²) in [5.41, 5.74) is 10.00. The molecule has 3 heterocycles. The van der Waals surface area contributed by atoms with E-state index in [1.165, 1.54) is 22.3 Å². The third kappa shape index (κ3) is 2.05. The van der Waals surface area contributed by atoms with Crippen LogP contribution < -0.4 is 0 Å². The summed E-state index contributed by atoms with van der Waals surface area (Å²) in [6.07, 6.45) is 3.45. The molecule has 26 heavy (non-hydrogen) atoms. The number of hydrogen-bond acceptors (Lipinski definition) is 4. The van der Waals surface area contributed by atoms with E-state index in [1.54, 1.807) is 0 Å². The first-order chi connectivity index (χ1) is 12.6. The molecule has 0 radical (unpaired) electrons. The number of aryl methyl sites for hydroxylation is 3. The summed E-state index contributed by atoms with van der Waals surface area (Å²) in [5.74, 6) is -0.0336. The summed E-state index contributed by atoms with van der Waals surface area (Å²) < 4.78 is 0. The highest BCUT2D eigenvalue weighted by Gasteiger charge is 2.45. The van der Waals surface area contributed by atoms with Gasteiger partial charge in [0.05, 0.1) is 17.3 Å². The van der Waals surface area contributed by atoms with E-state index in [0.29, 0.717) is 0 Å². The van der Waals surface area contributed by atoms with Crippen molar-refractivity contribution in [2.45, 2.75) is 32.8 Å². The van der Waals surface area contributed by atoms with Gasteiger partial charge in [-0.2, -0.15) is 0 Å². The predicted octanol–water partition coefficient (Wildman–Crippen LogP) is 4.64. The molecule has 2 atom stereocenters. The Labute approximate surface area is 152 Å². The largest absolute Gasteiger partial charge is 0.385 e. The Hall–Kier alpha value is -3.01. The van der Waals surface area contributed by atoms with Crippen LogP contribution in [0.5, 0.6) is 0 Å². The van der Waals surface area contributed by atoms with Crippen molar-refractivity contribution in [1.82, 2.24) is 9.97 Å². The summed E-state index contributed by atoms with van der Waals surface area (Å²) in [7, 11) is 0. The number of fused-ring (bicyclic) bond motifs is 6. The van der Waals surface area contributed by atoms with Crippen molar-refractivity contribution >= 4 is 5.71 Å². The van der Waals surface area contributed by atoms with E-state index in [0.717, 1.165) is 28.2 Å². The van der Waals surface area contributed by atoms with Gasteiger partial charge in [-0.05, 0) is 44.0 Å². The third-order valence-electron chi connectivity index (χ3n) is 5.33. The highest BCUT2D eigenvalue weighted by Crippen LogP contribution is 2.50. The van der Waals surface area contributed by atoms with Crippen LogP contribution in [0.1, 0.15) is 45.7 Å². The second-order valence-electron chi connectivity index (χ2n) is 7.13. The zero-order valence-corrected chi connectivity index (χ0v) is 15.0. The highest BCUT2D eigenvalue weighted by molar-refractivity contribution is 6.09. The van der Waals surface area contributed by atoms with Gasteiger partial charge in [-0.15, -0.1) is 0 Å². The summed E-state index contributed by atoms with van der Waals surface area (Å²) >= 11 is 0. The Kier molecular flexibility index (Phi) is 3.23. The van der Waals surface area contributed by atoms with Crippen molar-refractivity contribution in [3.8, 4) is 11.1 Å². The van der Waals surface area contributed by atoms with E-state index in [1.807, 2.05) is 24.5 Å². The molecule has 2 aliphatic rings. The van der Waals surface area contributed by atoms with Gasteiger partial charge in [-0.3, -0.25) is 9.97 Å². The molecule has 4 heteroatoms. The van der Waals surface area contributed by atoms with Gasteiger partial charge in [-0.1, -0.05) is 35.0 Å². The molecule has 0 N–H and O–H groups in total. The molecule has 0 saturated carbocycles. The quantitative estimate of drug-likeness (QED) is 0.648. The lowest BCUT2D eigenvalue weighted by atomic mass is 9.77. The Balaban J connectivity index is 1.74. The molecule has 2 aromatic heterocycles. The molecule has 0 bridgehead atoms. The number of hydrogen-bond donors (Lipinski definition) is 0. The van der Waals surface area contributed by atoms with E-state index < -0.39 is 0 Å². The van der Waals surface area contributed by atoms with Crippen LogP contribution in [0.3, 0.4) is 0 Å². The number of pyridine rings is 2. The van der Waals surface area contributed by atoms with Crippen LogP contribution in [0.25, 0.3) is 11.1 Å². The van der Waals surface area contributed by atoms with Gasteiger partial charge in [0.2, 0.25) is 0 Å². The molecule has 0 spiro atoms. The first-order valence-corrected chi connectivity index (χ1v) is 8.87. The highest BCUT2D eigenvalue weighted by atomic mass is 16.6. The van der Waals surface area contributed by atoms with Crippen LogP contribution in [0.4, 0.5) is 0 Å². The van der Waals surface area contributed by atoms with Crippen molar-refractivity contribution in [2.24, 2.45) is 5.16 Å². The van der Waals surface area contributed by atoms with Crippen LogP contribution in [-0.2, 0) is 4.84 Å². The normalized spacial score (nSPS) is 19.9. The van der Waals surface area contributed by atoms with Gasteiger partial charge >= 0.3 is 0 Å². The summed E-state index contributed by atoms with van der Waals surface area (Å²) in [4.78, 5) is 15.3. The van der Waals surface area contributed by atoms with Crippen LogP contribution in [0, 0.1) is 20.8 Å². The van der Waals surface area contributed by atoms with Gasteiger partial charge in [0.1, 0.15) is 5.71 Å². The van der Waals surface area contributed by atoms with E-state index in [4.69, 9.17) is 9.82 Å². The van der Waals surface area contributed by atoms with E-state index in [2.05, 4.69) is 55.2 Å². The number of nitrogens with zero attached hydrogens (tertiary/aromatic N) is 3. The topological polar surface area (TPSA) is 47.4 Å². The number of oxime groups is 1. The van der Waals surface area contributed by atoms with Crippen LogP contribution >= 0.6 is 0 Å². The molecule has 0 unspecified atom stereocenters. The Morgan fingerprint density at radius 1 is 0.846 bits per heavy atom. The molecule has 0 amide bonds. The molecule has 128 valence electrons. The van der Waals surface area contributed by atoms with E-state index in [9.17, 15) is 0 Å². The molecule has 5 rings (SSSR count). The Morgan fingerprint density at radius 2 is 1.46 bits per heavy atom. The van der Waals surface area contributed by atoms with Crippen molar-refractivity contribution in [1.29, 1.82) is 0 Å². The van der Waals surface area contributed by atoms with Crippen LogP contribution in [0.15, 0.2) is 53.9 Å². The lowest BCUT2D eigenvalue weighted by molar-refractivity contribution is 0.0717. The standard InChI is InChI=1S/C22H19N3O/c1-12-10-13(2)17(14(3)11-12)21-18-19-15(6-4-8-23-19)16-7-5-9-24-20(16)22(18)26-25-21/h4-11,18,22H,1-3H3/t18-,22+/m1/s1. The fourth-order valence-electron chi connectivity index (χ4n) is 4.41. The number of aromatic nitrogens is 2. The maximum absolute atomic E-state index is 5.93. The fraction of sp³-hybridized carbons (Fsp3) is 0.227. The minimum Gasteiger partial charge on any atom is -0.385 e. The van der Waals surface area contributed by atoms with Crippen molar-refractivity contribution in [3.63, 3.8) is 0 Å². The molecular formula is C22H19N3O. The minimum atomic E-state index is -0.219. The van der Waals surface area contributed by atoms with Gasteiger partial charge in [-0.25, -0.2) is 0 Å². The first-order valence-electron chi connectivity index (χ1n) is 8.87. The van der Waals surface area contributed by atoms with Crippen LogP contribution in [0.2, 0.25) is 0 Å². The third-order valence-corrected chi connectivity index (χ3v) is 5.33. The van der Waals surface area contributed by atoms with Crippen molar-refractivity contribution < 1.29 is 4.84 Å². The summed E-state index contributed by atoms with van der Waals surface area (Å²) in [5, 5.41) is 4.54. The van der Waals surface area contributed by atoms with E-state index >= 15 is 0 Å². The van der Waals surface area contributed by atoms with E-state index in [-0.39, 0.29) is 12.0 Å². The number of rotatable bonds is 1. The van der Waals surface area contributed by atoms with Crippen molar-refractivity contribution in [2.75, 3.05) is 0 Å². The summed E-state index contributed by atoms with van der Waals surface area (Å²) in [6.45, 7) is 6.40. The van der Waals surface area contributed by atoms with Gasteiger partial charge in [0.15, 0.2) is 6.10 Å². The second-order valence-corrected chi connectivity index (χ2v) is 7.13. The Bertz CT molecular complexity index is 1050. The average molecular weight is 341 g/mol. The second kappa shape index (κ2) is 5.49. The average Bonchev–Trinajstić information content (AvgIpc) is 3.06. The Morgan fingerprint density at radius 3 is 2.15 bits per heavy atom. The zero-order chi connectivity index (χ0) is 17.8. The smallest absolute Gasteiger partial charge is 0.183 e. The predicted molar refractivity (Wildman–Crippen MR) is 101 cm³/mol. The van der Waals surface area contributed by atoms with Gasteiger partial charge in [0.25, 0.3) is 0 Å². The molecule has 0 fully saturated rings. The molecule has 1 aromatic carbocycles. The lowest BCUT2D eigenvalue weighted by Gasteiger charge is -2.28. The monoisotopic (exact) mass is 341 g/mol. The summed E-state index contributed by atoms with van der Waals surface area (Å²) in [6, 6.07) is 12.5. The molecule has 1 aliphatic carbocycles. The molecular weight excluding hydrogens is 322 g/mol.